The third-order valence-electron chi connectivity index (χ3n) is 2.37. The quantitative estimate of drug-likeness (QED) is 0.760. The molecule has 0 radical (unpaired) electrons. The fourth-order valence-electron chi connectivity index (χ4n) is 1.54. The summed E-state index contributed by atoms with van der Waals surface area (Å²) in [6.45, 7) is 7.34. The van der Waals surface area contributed by atoms with Crippen LogP contribution in [0.5, 0.6) is 0 Å². The summed E-state index contributed by atoms with van der Waals surface area (Å²) in [5, 5.41) is 3.00. The molecule has 0 spiro atoms. The van der Waals surface area contributed by atoms with Crippen LogP contribution in [0, 0.1) is 0 Å². The van der Waals surface area contributed by atoms with E-state index in [4.69, 9.17) is 10.5 Å². The maximum absolute atomic E-state index is 11.9. The van der Waals surface area contributed by atoms with Crippen molar-refractivity contribution >= 4 is 17.8 Å². The molecule has 0 aromatic carbocycles. The van der Waals surface area contributed by atoms with E-state index >= 15 is 0 Å². The maximum atomic E-state index is 11.9. The Labute approximate surface area is 113 Å². The third kappa shape index (κ3) is 6.08. The summed E-state index contributed by atoms with van der Waals surface area (Å²) < 4.78 is 5.30. The number of nitrogens with one attached hydrogen (secondary N) is 1. The average Bonchev–Trinajstić information content (AvgIpc) is 2.26. The van der Waals surface area contributed by atoms with Crippen LogP contribution in [0.2, 0.25) is 0 Å². The molecule has 7 nitrogen and oxygen atoms in total. The van der Waals surface area contributed by atoms with Crippen LogP contribution in [-0.4, -0.2) is 54.5 Å². The molecule has 0 aromatic heterocycles. The van der Waals surface area contributed by atoms with Gasteiger partial charge in [0.1, 0.15) is 11.4 Å². The number of primary amides is 1. The van der Waals surface area contributed by atoms with E-state index in [1.54, 1.807) is 4.90 Å². The second-order valence-electron chi connectivity index (χ2n) is 5.37. The third-order valence-corrected chi connectivity index (χ3v) is 2.37. The number of carbonyl (C=O) groups excluding carboxylic acids is 2. The molecule has 0 unspecified atom stereocenters. The second kappa shape index (κ2) is 6.40. The molecule has 1 rings (SSSR count). The lowest BCUT2D eigenvalue weighted by molar-refractivity contribution is -0.117. The van der Waals surface area contributed by atoms with Gasteiger partial charge < -0.3 is 15.8 Å². The summed E-state index contributed by atoms with van der Waals surface area (Å²) in [5.41, 5.74) is 4.54. The topological polar surface area (TPSA) is 97.0 Å². The average molecular weight is 270 g/mol. The van der Waals surface area contributed by atoms with Crippen LogP contribution in [0.15, 0.2) is 4.99 Å². The second-order valence-corrected chi connectivity index (χ2v) is 5.37. The fraction of sp³-hybridized carbons (Fsp3) is 0.750. The molecule has 7 heteroatoms. The highest BCUT2D eigenvalue weighted by Crippen LogP contribution is 2.10. The predicted octanol–water partition coefficient (Wildman–Crippen LogP) is 0.101. The number of nitrogens with zero attached hydrogens (tertiary/aromatic N) is 2. The predicted molar refractivity (Wildman–Crippen MR) is 71.9 cm³/mol. The highest BCUT2D eigenvalue weighted by molar-refractivity contribution is 5.88. The summed E-state index contributed by atoms with van der Waals surface area (Å²) in [6, 6.07) is 0. The molecule has 0 atom stereocenters. The zero-order valence-corrected chi connectivity index (χ0v) is 11.7. The molecule has 108 valence electrons. The van der Waals surface area contributed by atoms with Crippen LogP contribution in [0.3, 0.4) is 0 Å². The first-order chi connectivity index (χ1) is 8.78. The highest BCUT2D eigenvalue weighted by Gasteiger charge is 2.24. The minimum atomic E-state index is -0.509. The number of aliphatic imine (C=N–C) groups is 1. The monoisotopic (exact) mass is 270 g/mol. The van der Waals surface area contributed by atoms with Crippen LogP contribution < -0.4 is 11.1 Å². The molecule has 0 aromatic rings. The smallest absolute Gasteiger partial charge is 0.410 e. The van der Waals surface area contributed by atoms with Gasteiger partial charge in [0, 0.05) is 19.5 Å². The zero-order chi connectivity index (χ0) is 14.5. The maximum Gasteiger partial charge on any atom is 0.410 e. The lowest BCUT2D eigenvalue weighted by atomic mass is 10.2. The standard InChI is InChI=1S/C12H22N4O3/c1-12(2,3)19-11(18)16-7-6-15-10(8-16)14-5-4-9(13)17/h4-8H2,1-3H3,(H2,13,17)(H,14,15). The Hall–Kier alpha value is -1.79. The normalized spacial score (nSPS) is 15.7. The van der Waals surface area contributed by atoms with Crippen LogP contribution in [0.1, 0.15) is 27.2 Å². The lowest BCUT2D eigenvalue weighted by Crippen LogP contribution is -2.47. The highest BCUT2D eigenvalue weighted by atomic mass is 16.6. The Morgan fingerprint density at radius 3 is 2.74 bits per heavy atom. The van der Waals surface area contributed by atoms with Gasteiger partial charge in [-0.1, -0.05) is 0 Å². The van der Waals surface area contributed by atoms with Crippen molar-refractivity contribution in [2.24, 2.45) is 10.7 Å². The fourth-order valence-corrected chi connectivity index (χ4v) is 1.54. The van der Waals surface area contributed by atoms with Crippen LogP contribution >= 0.6 is 0 Å². The van der Waals surface area contributed by atoms with Gasteiger partial charge in [0.15, 0.2) is 0 Å². The molecular weight excluding hydrogens is 248 g/mol. The van der Waals surface area contributed by atoms with Gasteiger partial charge in [-0.3, -0.25) is 14.7 Å². The van der Waals surface area contributed by atoms with E-state index in [1.807, 2.05) is 20.8 Å². The van der Waals surface area contributed by atoms with E-state index in [-0.39, 0.29) is 18.4 Å². The van der Waals surface area contributed by atoms with Crippen molar-refractivity contribution in [2.45, 2.75) is 32.8 Å². The summed E-state index contributed by atoms with van der Waals surface area (Å²) in [6.07, 6.45) is -0.109. The van der Waals surface area contributed by atoms with Gasteiger partial charge in [-0.25, -0.2) is 4.79 Å². The molecule has 1 aliphatic heterocycles. The van der Waals surface area contributed by atoms with Crippen LogP contribution in [0.4, 0.5) is 4.79 Å². The number of amides is 2. The van der Waals surface area contributed by atoms with Crippen molar-refractivity contribution in [1.29, 1.82) is 0 Å². The zero-order valence-electron chi connectivity index (χ0n) is 11.7. The molecule has 3 N–H and O–H groups in total. The molecule has 0 fully saturated rings. The molecule has 0 aliphatic carbocycles. The van der Waals surface area contributed by atoms with Crippen molar-refractivity contribution in [3.8, 4) is 0 Å². The number of nitrogens with two attached hydrogens (primary N) is 1. The molecular formula is C12H22N4O3. The first-order valence-electron chi connectivity index (χ1n) is 6.31. The van der Waals surface area contributed by atoms with E-state index in [0.29, 0.717) is 32.0 Å². The number of hydrogen-bond donors (Lipinski definition) is 2. The number of hydrogen-bond acceptors (Lipinski definition) is 5. The van der Waals surface area contributed by atoms with Crippen LogP contribution in [-0.2, 0) is 9.53 Å². The SMILES string of the molecule is CC(C)(C)OC(=O)N1CCN=C(NCCC(N)=O)C1. The van der Waals surface area contributed by atoms with Crippen molar-refractivity contribution in [3.05, 3.63) is 0 Å². The number of rotatable bonds is 3. The Morgan fingerprint density at radius 2 is 2.16 bits per heavy atom. The van der Waals surface area contributed by atoms with E-state index in [2.05, 4.69) is 10.3 Å². The molecule has 2 amide bonds. The minimum absolute atomic E-state index is 0.242. The van der Waals surface area contributed by atoms with Gasteiger partial charge in [-0.2, -0.15) is 0 Å². The summed E-state index contributed by atoms with van der Waals surface area (Å²) in [7, 11) is 0. The van der Waals surface area contributed by atoms with Crippen molar-refractivity contribution in [2.75, 3.05) is 26.2 Å². The number of ether oxygens (including phenoxy) is 1. The van der Waals surface area contributed by atoms with E-state index in [9.17, 15) is 9.59 Å². The van der Waals surface area contributed by atoms with E-state index < -0.39 is 5.60 Å². The summed E-state index contributed by atoms with van der Waals surface area (Å²) >= 11 is 0. The molecule has 0 bridgehead atoms. The Kier molecular flexibility index (Phi) is 5.14. The van der Waals surface area contributed by atoms with Gasteiger partial charge in [-0.15, -0.1) is 0 Å². The summed E-state index contributed by atoms with van der Waals surface area (Å²) in [5.74, 6) is 0.311. The van der Waals surface area contributed by atoms with Crippen LogP contribution in [0.25, 0.3) is 0 Å². The van der Waals surface area contributed by atoms with Crippen molar-refractivity contribution in [1.82, 2.24) is 10.2 Å². The van der Waals surface area contributed by atoms with E-state index in [0.717, 1.165) is 0 Å². The first-order valence-corrected chi connectivity index (χ1v) is 6.31. The molecule has 19 heavy (non-hydrogen) atoms. The van der Waals surface area contributed by atoms with Gasteiger partial charge >= 0.3 is 6.09 Å². The van der Waals surface area contributed by atoms with Gasteiger partial charge in [0.25, 0.3) is 0 Å². The Balaban J connectivity index is 2.42. The molecule has 1 aliphatic rings. The largest absolute Gasteiger partial charge is 0.444 e. The lowest BCUT2D eigenvalue weighted by Gasteiger charge is -2.29. The minimum Gasteiger partial charge on any atom is -0.444 e. The molecule has 1 heterocycles. The van der Waals surface area contributed by atoms with E-state index in [1.165, 1.54) is 0 Å². The Morgan fingerprint density at radius 1 is 1.47 bits per heavy atom. The van der Waals surface area contributed by atoms with Gasteiger partial charge in [-0.05, 0) is 20.8 Å². The van der Waals surface area contributed by atoms with Gasteiger partial charge in [0.05, 0.1) is 13.1 Å². The Bertz CT molecular complexity index is 374. The van der Waals surface area contributed by atoms with Gasteiger partial charge in [0.2, 0.25) is 5.91 Å². The molecule has 0 saturated heterocycles. The first kappa shape index (κ1) is 15.3. The number of amidine groups is 1. The summed E-state index contributed by atoms with van der Waals surface area (Å²) in [4.78, 5) is 28.4. The van der Waals surface area contributed by atoms with Crippen molar-refractivity contribution < 1.29 is 14.3 Å². The number of carbonyl (C=O) groups is 2. The molecule has 0 saturated carbocycles. The van der Waals surface area contributed by atoms with Crippen molar-refractivity contribution in [3.63, 3.8) is 0 Å².